The molecule has 0 nitrogen and oxygen atoms in total. The summed E-state index contributed by atoms with van der Waals surface area (Å²) < 4.78 is 1.42. The molecule has 0 fully saturated rings. The molecule has 13 heavy (non-hydrogen) atoms. The van der Waals surface area contributed by atoms with Crippen LogP contribution in [0, 0.1) is 5.41 Å². The van der Waals surface area contributed by atoms with E-state index in [4.69, 9.17) is 0 Å². The summed E-state index contributed by atoms with van der Waals surface area (Å²) in [7, 11) is 0. The van der Waals surface area contributed by atoms with E-state index in [1.54, 1.807) is 0 Å². The molecule has 1 rings (SSSR count). The van der Waals surface area contributed by atoms with E-state index in [0.717, 1.165) is 0 Å². The molecular formula is C10H17Cl2Rh. The zero-order chi connectivity index (χ0) is 8.81. The Kier molecular flexibility index (Phi) is 6.15. The van der Waals surface area contributed by atoms with Gasteiger partial charge in [-0.1, -0.05) is 0 Å². The zero-order valence-corrected chi connectivity index (χ0v) is 11.9. The van der Waals surface area contributed by atoms with Crippen LogP contribution in [0.1, 0.15) is 34.6 Å². The Balaban J connectivity index is 0. The Bertz CT molecular complexity index is 236. The fourth-order valence-electron chi connectivity index (χ4n) is 1.53. The molecule has 0 amide bonds. The Morgan fingerprint density at radius 1 is 0.923 bits per heavy atom. The summed E-state index contributed by atoms with van der Waals surface area (Å²) in [4.78, 5) is 0. The van der Waals surface area contributed by atoms with Gasteiger partial charge in [0.2, 0.25) is 0 Å². The van der Waals surface area contributed by atoms with Crippen molar-refractivity contribution < 1.29 is 18.3 Å². The molecule has 0 aromatic rings. The van der Waals surface area contributed by atoms with Gasteiger partial charge in [-0.05, 0) is 0 Å². The van der Waals surface area contributed by atoms with E-state index in [2.05, 4.69) is 52.9 Å². The van der Waals surface area contributed by atoms with Crippen LogP contribution in [0.25, 0.3) is 0 Å². The van der Waals surface area contributed by atoms with Gasteiger partial charge >= 0.3 is 79.2 Å². The normalized spacial score (nSPS) is 19.9. The van der Waals surface area contributed by atoms with Crippen molar-refractivity contribution in [2.45, 2.75) is 34.6 Å². The number of hydrogen-bond donors (Lipinski definition) is 0. The number of halogens is 2. The van der Waals surface area contributed by atoms with Crippen molar-refractivity contribution in [1.29, 1.82) is 0 Å². The van der Waals surface area contributed by atoms with Crippen LogP contribution in [0.2, 0.25) is 0 Å². The van der Waals surface area contributed by atoms with Gasteiger partial charge in [-0.2, -0.15) is 0 Å². The van der Waals surface area contributed by atoms with Gasteiger partial charge in [-0.3, -0.25) is 0 Å². The van der Waals surface area contributed by atoms with E-state index in [0.29, 0.717) is 0 Å². The molecule has 3 heteroatoms. The molecule has 0 spiro atoms. The zero-order valence-electron chi connectivity index (χ0n) is 8.65. The van der Waals surface area contributed by atoms with Gasteiger partial charge < -0.3 is 0 Å². The second-order valence-corrected chi connectivity index (χ2v) is 4.61. The van der Waals surface area contributed by atoms with Crippen molar-refractivity contribution in [1.82, 2.24) is 0 Å². The molecule has 80 valence electrons. The van der Waals surface area contributed by atoms with Crippen LogP contribution in [0.5, 0.6) is 0 Å². The first-order chi connectivity index (χ1) is 4.89. The SMILES string of the molecule is CC1=C(C)C(C)(C)[C]([Rh])=C1C.Cl.Cl. The van der Waals surface area contributed by atoms with E-state index in [-0.39, 0.29) is 30.2 Å². The van der Waals surface area contributed by atoms with Crippen LogP contribution < -0.4 is 0 Å². The van der Waals surface area contributed by atoms with Crippen molar-refractivity contribution >= 4 is 24.8 Å². The van der Waals surface area contributed by atoms with Crippen LogP contribution in [0.4, 0.5) is 0 Å². The summed E-state index contributed by atoms with van der Waals surface area (Å²) >= 11 is 3.07. The van der Waals surface area contributed by atoms with E-state index in [1.165, 1.54) is 20.9 Å². The largest absolute Gasteiger partial charge is 0.147 e. The van der Waals surface area contributed by atoms with Gasteiger partial charge in [0.05, 0.1) is 0 Å². The fraction of sp³-hybridized carbons (Fsp3) is 0.600. The molecule has 0 aliphatic heterocycles. The molecule has 0 saturated carbocycles. The fourth-order valence-corrected chi connectivity index (χ4v) is 2.15. The molecular weight excluding hydrogens is 294 g/mol. The minimum Gasteiger partial charge on any atom is -0.147 e. The molecule has 0 N–H and O–H groups in total. The van der Waals surface area contributed by atoms with Crippen LogP contribution in [-0.4, -0.2) is 0 Å². The maximum atomic E-state index is 3.07. The second kappa shape index (κ2) is 4.96. The van der Waals surface area contributed by atoms with Gasteiger partial charge in [0.25, 0.3) is 0 Å². The molecule has 0 heterocycles. The molecule has 1 aliphatic rings. The minimum absolute atomic E-state index is 0. The van der Waals surface area contributed by atoms with Gasteiger partial charge in [0.15, 0.2) is 0 Å². The number of hydrogen-bond acceptors (Lipinski definition) is 0. The van der Waals surface area contributed by atoms with Crippen LogP contribution >= 0.6 is 24.8 Å². The van der Waals surface area contributed by atoms with Crippen LogP contribution in [0.3, 0.4) is 0 Å². The van der Waals surface area contributed by atoms with Crippen LogP contribution in [-0.2, 0) is 18.3 Å². The smallest absolute Gasteiger partial charge is 0.147 e. The first-order valence-corrected chi connectivity index (χ1v) is 4.74. The summed E-state index contributed by atoms with van der Waals surface area (Å²) in [5.74, 6) is 0. The predicted octanol–water partition coefficient (Wildman–Crippen LogP) is 4.03. The maximum absolute atomic E-state index is 3.07. The van der Waals surface area contributed by atoms with Gasteiger partial charge in [-0.25, -0.2) is 0 Å². The monoisotopic (exact) mass is 310 g/mol. The molecule has 0 bridgehead atoms. The van der Waals surface area contributed by atoms with E-state index < -0.39 is 0 Å². The first kappa shape index (κ1) is 16.1. The Morgan fingerprint density at radius 3 is 1.38 bits per heavy atom. The molecule has 0 unspecified atom stereocenters. The van der Waals surface area contributed by atoms with Crippen molar-refractivity contribution in [3.05, 3.63) is 20.9 Å². The Labute approximate surface area is 104 Å². The second-order valence-electron chi connectivity index (χ2n) is 3.79. The number of allylic oxidation sites excluding steroid dienone is 4. The summed E-state index contributed by atoms with van der Waals surface area (Å²) in [6, 6.07) is 0. The van der Waals surface area contributed by atoms with Gasteiger partial charge in [0, 0.05) is 0 Å². The van der Waals surface area contributed by atoms with Gasteiger partial charge in [-0.15, -0.1) is 24.8 Å². The third kappa shape index (κ3) is 2.38. The molecule has 0 aromatic carbocycles. The van der Waals surface area contributed by atoms with Crippen molar-refractivity contribution in [3.63, 3.8) is 0 Å². The van der Waals surface area contributed by atoms with Crippen molar-refractivity contribution in [3.8, 4) is 0 Å². The predicted molar refractivity (Wildman–Crippen MR) is 59.4 cm³/mol. The topological polar surface area (TPSA) is 0 Å². The van der Waals surface area contributed by atoms with Crippen molar-refractivity contribution in [2.24, 2.45) is 5.41 Å². The third-order valence-corrected chi connectivity index (χ3v) is 4.53. The quantitative estimate of drug-likeness (QED) is 0.593. The Morgan fingerprint density at radius 2 is 1.31 bits per heavy atom. The summed E-state index contributed by atoms with van der Waals surface area (Å²) in [6.07, 6.45) is 0. The molecule has 0 radical (unpaired) electrons. The summed E-state index contributed by atoms with van der Waals surface area (Å²) in [5, 5.41) is 0. The maximum Gasteiger partial charge on any atom is -0.147 e. The minimum atomic E-state index is 0. The average Bonchev–Trinajstić information content (AvgIpc) is 2.06. The first-order valence-electron chi connectivity index (χ1n) is 3.92. The van der Waals surface area contributed by atoms with E-state index in [1.807, 2.05) is 0 Å². The molecule has 1 aliphatic carbocycles. The molecule has 0 atom stereocenters. The summed E-state index contributed by atoms with van der Waals surface area (Å²) in [6.45, 7) is 11.2. The van der Waals surface area contributed by atoms with E-state index in [9.17, 15) is 0 Å². The summed E-state index contributed by atoms with van der Waals surface area (Å²) in [5.41, 5.74) is 4.68. The molecule has 0 saturated heterocycles. The van der Waals surface area contributed by atoms with Gasteiger partial charge in [0.1, 0.15) is 0 Å². The Hall–Kier alpha value is 0.683. The average molecular weight is 311 g/mol. The number of rotatable bonds is 0. The third-order valence-electron chi connectivity index (χ3n) is 2.90. The van der Waals surface area contributed by atoms with Crippen LogP contribution in [0.15, 0.2) is 20.9 Å². The standard InChI is InChI=1S/C10H15.2ClH.Rh/c1-7-6-10(4,5)9(3)8(7)2;;;/h1-5H3;2*1H;. The molecule has 0 aromatic heterocycles. The van der Waals surface area contributed by atoms with E-state index >= 15 is 0 Å². The van der Waals surface area contributed by atoms with Crippen molar-refractivity contribution in [2.75, 3.05) is 0 Å².